The fourth-order valence-electron chi connectivity index (χ4n) is 1.97. The Morgan fingerprint density at radius 3 is 2.57 bits per heavy atom. The third-order valence-corrected chi connectivity index (χ3v) is 3.15. The molecule has 2 aromatic rings. The lowest BCUT2D eigenvalue weighted by Crippen LogP contribution is -2.21. The van der Waals surface area contributed by atoms with Crippen molar-refractivity contribution in [3.8, 4) is 11.5 Å². The molecule has 0 spiro atoms. The van der Waals surface area contributed by atoms with Gasteiger partial charge in [-0.1, -0.05) is 0 Å². The number of methoxy groups -OCH3 is 2. The van der Waals surface area contributed by atoms with E-state index in [1.54, 1.807) is 20.4 Å². The van der Waals surface area contributed by atoms with E-state index in [2.05, 4.69) is 25.5 Å². The normalized spacial score (nSPS) is 10.5. The molecule has 0 atom stereocenters. The van der Waals surface area contributed by atoms with Crippen molar-refractivity contribution in [3.05, 3.63) is 30.5 Å². The van der Waals surface area contributed by atoms with Gasteiger partial charge in [-0.15, -0.1) is 0 Å². The molecule has 0 bridgehead atoms. The van der Waals surface area contributed by atoms with Gasteiger partial charge in [0.15, 0.2) is 11.5 Å². The van der Waals surface area contributed by atoms with Crippen LogP contribution in [-0.2, 0) is 0 Å². The summed E-state index contributed by atoms with van der Waals surface area (Å²) >= 11 is 0. The Labute approximate surface area is 136 Å². The molecule has 0 amide bonds. The smallest absolute Gasteiger partial charge is 0.224 e. The van der Waals surface area contributed by atoms with Crippen LogP contribution in [0.3, 0.4) is 0 Å². The third kappa shape index (κ3) is 5.00. The first-order valence-electron chi connectivity index (χ1n) is 7.33. The molecule has 0 unspecified atom stereocenters. The molecule has 0 saturated heterocycles. The molecular weight excluding hydrogens is 294 g/mol. The van der Waals surface area contributed by atoms with Crippen LogP contribution in [-0.4, -0.2) is 56.3 Å². The van der Waals surface area contributed by atoms with Crippen LogP contribution < -0.4 is 20.1 Å². The molecule has 7 nitrogen and oxygen atoms in total. The Kier molecular flexibility index (Phi) is 5.99. The molecule has 0 aliphatic carbocycles. The SMILES string of the molecule is COc1ccc(Nc2ccnc(NCCN(C)C)n2)cc1OC. The lowest BCUT2D eigenvalue weighted by atomic mass is 10.2. The summed E-state index contributed by atoms with van der Waals surface area (Å²) in [5, 5.41) is 6.43. The first kappa shape index (κ1) is 16.8. The number of anilines is 3. The molecule has 0 saturated carbocycles. The monoisotopic (exact) mass is 317 g/mol. The number of ether oxygens (including phenoxy) is 2. The highest BCUT2D eigenvalue weighted by Crippen LogP contribution is 2.30. The summed E-state index contributed by atoms with van der Waals surface area (Å²) in [5.41, 5.74) is 0.862. The van der Waals surface area contributed by atoms with Crippen molar-refractivity contribution in [1.82, 2.24) is 14.9 Å². The van der Waals surface area contributed by atoms with Crippen molar-refractivity contribution in [3.63, 3.8) is 0 Å². The van der Waals surface area contributed by atoms with E-state index in [4.69, 9.17) is 9.47 Å². The number of nitrogens with one attached hydrogen (secondary N) is 2. The van der Waals surface area contributed by atoms with Gasteiger partial charge in [0, 0.05) is 31.0 Å². The Bertz CT molecular complexity index is 634. The second-order valence-corrected chi connectivity index (χ2v) is 5.19. The van der Waals surface area contributed by atoms with E-state index < -0.39 is 0 Å². The van der Waals surface area contributed by atoms with Crippen LogP contribution in [0.1, 0.15) is 0 Å². The zero-order valence-electron chi connectivity index (χ0n) is 14.0. The molecule has 23 heavy (non-hydrogen) atoms. The van der Waals surface area contributed by atoms with Gasteiger partial charge in [-0.05, 0) is 32.3 Å². The number of hydrogen-bond acceptors (Lipinski definition) is 7. The van der Waals surface area contributed by atoms with Gasteiger partial charge in [-0.2, -0.15) is 4.98 Å². The van der Waals surface area contributed by atoms with Gasteiger partial charge < -0.3 is 25.0 Å². The summed E-state index contributed by atoms with van der Waals surface area (Å²) in [6, 6.07) is 7.43. The van der Waals surface area contributed by atoms with Crippen LogP contribution in [0, 0.1) is 0 Å². The minimum atomic E-state index is 0.595. The largest absolute Gasteiger partial charge is 0.493 e. The van der Waals surface area contributed by atoms with Crippen LogP contribution in [0.2, 0.25) is 0 Å². The van der Waals surface area contributed by atoms with Gasteiger partial charge >= 0.3 is 0 Å². The van der Waals surface area contributed by atoms with E-state index in [9.17, 15) is 0 Å². The first-order chi connectivity index (χ1) is 11.1. The van der Waals surface area contributed by atoms with E-state index in [0.29, 0.717) is 23.3 Å². The molecule has 2 rings (SSSR count). The quantitative estimate of drug-likeness (QED) is 0.773. The van der Waals surface area contributed by atoms with Crippen molar-refractivity contribution in [1.29, 1.82) is 0 Å². The van der Waals surface area contributed by atoms with E-state index in [1.165, 1.54) is 0 Å². The van der Waals surface area contributed by atoms with Gasteiger partial charge in [0.05, 0.1) is 14.2 Å². The van der Waals surface area contributed by atoms with Crippen LogP contribution in [0.5, 0.6) is 11.5 Å². The van der Waals surface area contributed by atoms with Gasteiger partial charge in [-0.3, -0.25) is 0 Å². The molecule has 1 aromatic carbocycles. The molecule has 0 aliphatic rings. The van der Waals surface area contributed by atoms with Crippen molar-refractivity contribution in [2.75, 3.05) is 52.0 Å². The molecule has 0 fully saturated rings. The highest BCUT2D eigenvalue weighted by atomic mass is 16.5. The first-order valence-corrected chi connectivity index (χ1v) is 7.33. The molecule has 7 heteroatoms. The molecule has 0 radical (unpaired) electrons. The number of aromatic nitrogens is 2. The van der Waals surface area contributed by atoms with Gasteiger partial charge in [-0.25, -0.2) is 4.98 Å². The summed E-state index contributed by atoms with van der Waals surface area (Å²) < 4.78 is 10.5. The predicted molar refractivity (Wildman–Crippen MR) is 91.9 cm³/mol. The average Bonchev–Trinajstić information content (AvgIpc) is 2.54. The standard InChI is InChI=1S/C16H23N5O2/c1-21(2)10-9-18-16-17-8-7-15(20-16)19-12-5-6-13(22-3)14(11-12)23-4/h5-8,11H,9-10H2,1-4H3,(H2,17,18,19,20). The minimum absolute atomic E-state index is 0.595. The molecule has 124 valence electrons. The van der Waals surface area contributed by atoms with Crippen molar-refractivity contribution >= 4 is 17.5 Å². The van der Waals surface area contributed by atoms with E-state index >= 15 is 0 Å². The number of rotatable bonds is 8. The van der Waals surface area contributed by atoms with Crippen LogP contribution in [0.15, 0.2) is 30.5 Å². The van der Waals surface area contributed by atoms with Crippen molar-refractivity contribution in [2.45, 2.75) is 0 Å². The van der Waals surface area contributed by atoms with Gasteiger partial charge in [0.1, 0.15) is 5.82 Å². The maximum absolute atomic E-state index is 5.30. The van der Waals surface area contributed by atoms with Crippen LogP contribution in [0.25, 0.3) is 0 Å². The zero-order valence-corrected chi connectivity index (χ0v) is 14.0. The lowest BCUT2D eigenvalue weighted by Gasteiger charge is -2.12. The summed E-state index contributed by atoms with van der Waals surface area (Å²) in [6.07, 6.45) is 1.72. The molecule has 1 heterocycles. The van der Waals surface area contributed by atoms with E-state index in [0.717, 1.165) is 18.8 Å². The molecule has 0 aliphatic heterocycles. The van der Waals surface area contributed by atoms with Crippen molar-refractivity contribution < 1.29 is 9.47 Å². The average molecular weight is 317 g/mol. The molecular formula is C16H23N5O2. The third-order valence-electron chi connectivity index (χ3n) is 3.15. The Morgan fingerprint density at radius 2 is 1.87 bits per heavy atom. The summed E-state index contributed by atoms with van der Waals surface area (Å²) in [4.78, 5) is 10.7. The summed E-state index contributed by atoms with van der Waals surface area (Å²) in [5.74, 6) is 2.65. The van der Waals surface area contributed by atoms with Gasteiger partial charge in [0.25, 0.3) is 0 Å². The van der Waals surface area contributed by atoms with Crippen LogP contribution >= 0.6 is 0 Å². The fraction of sp³-hybridized carbons (Fsp3) is 0.375. The minimum Gasteiger partial charge on any atom is -0.493 e. The molecule has 2 N–H and O–H groups in total. The summed E-state index contributed by atoms with van der Waals surface area (Å²) in [6.45, 7) is 1.70. The maximum Gasteiger partial charge on any atom is 0.224 e. The van der Waals surface area contributed by atoms with E-state index in [-0.39, 0.29) is 0 Å². The Hall–Kier alpha value is -2.54. The number of likely N-dealkylation sites (N-methyl/N-ethyl adjacent to an activating group) is 1. The number of benzene rings is 1. The van der Waals surface area contributed by atoms with Gasteiger partial charge in [0.2, 0.25) is 5.95 Å². The predicted octanol–water partition coefficient (Wildman–Crippen LogP) is 2.21. The van der Waals surface area contributed by atoms with Crippen LogP contribution in [0.4, 0.5) is 17.5 Å². The fourth-order valence-corrected chi connectivity index (χ4v) is 1.97. The Balaban J connectivity index is 2.05. The Morgan fingerprint density at radius 1 is 1.09 bits per heavy atom. The second-order valence-electron chi connectivity index (χ2n) is 5.19. The molecule has 1 aromatic heterocycles. The highest BCUT2D eigenvalue weighted by molar-refractivity contribution is 5.61. The van der Waals surface area contributed by atoms with E-state index in [1.807, 2.05) is 38.4 Å². The highest BCUT2D eigenvalue weighted by Gasteiger charge is 2.06. The topological polar surface area (TPSA) is 71.5 Å². The maximum atomic E-state index is 5.30. The second kappa shape index (κ2) is 8.19. The lowest BCUT2D eigenvalue weighted by molar-refractivity contribution is 0.355. The zero-order chi connectivity index (χ0) is 16.7. The summed E-state index contributed by atoms with van der Waals surface area (Å²) in [7, 11) is 7.27. The number of hydrogen-bond donors (Lipinski definition) is 2. The van der Waals surface area contributed by atoms with Crippen molar-refractivity contribution in [2.24, 2.45) is 0 Å². The number of nitrogens with zero attached hydrogens (tertiary/aromatic N) is 3.